The summed E-state index contributed by atoms with van der Waals surface area (Å²) in [6.07, 6.45) is 2.79. The second kappa shape index (κ2) is 3.42. The van der Waals surface area contributed by atoms with E-state index in [9.17, 15) is 4.79 Å². The quantitative estimate of drug-likeness (QED) is 0.497. The number of allylic oxidation sites excluding steroid dienone is 2. The molecule has 1 radical (unpaired) electrons. The summed E-state index contributed by atoms with van der Waals surface area (Å²) in [6.45, 7) is 5.75. The van der Waals surface area contributed by atoms with Crippen LogP contribution in [0.2, 0.25) is 0 Å². The van der Waals surface area contributed by atoms with Crippen LogP contribution < -0.4 is 0 Å². The van der Waals surface area contributed by atoms with Gasteiger partial charge in [0.15, 0.2) is 0 Å². The lowest BCUT2D eigenvalue weighted by molar-refractivity contribution is 0.561. The van der Waals surface area contributed by atoms with Crippen molar-refractivity contribution in [1.29, 1.82) is 0 Å². The normalized spacial score (nSPS) is 12.9. The van der Waals surface area contributed by atoms with E-state index in [0.717, 1.165) is 17.6 Å². The van der Waals surface area contributed by atoms with E-state index in [-0.39, 0.29) is 0 Å². The first-order valence-corrected chi connectivity index (χ1v) is 2.76. The zero-order valence-electron chi connectivity index (χ0n) is 5.62. The van der Waals surface area contributed by atoms with Crippen LogP contribution in [0, 0.1) is 0 Å². The Morgan fingerprint density at radius 1 is 1.50 bits per heavy atom. The minimum Gasteiger partial charge on any atom is -0.285 e. The van der Waals surface area contributed by atoms with Crippen molar-refractivity contribution in [2.24, 2.45) is 0 Å². The van der Waals surface area contributed by atoms with E-state index < -0.39 is 0 Å². The van der Waals surface area contributed by atoms with Crippen molar-refractivity contribution in [3.05, 3.63) is 11.1 Å². The van der Waals surface area contributed by atoms with Crippen LogP contribution in [-0.4, -0.2) is 6.29 Å². The van der Waals surface area contributed by atoms with Crippen LogP contribution >= 0.6 is 0 Å². The molecule has 1 heteroatoms. The van der Waals surface area contributed by atoms with Crippen LogP contribution in [0.3, 0.4) is 0 Å². The summed E-state index contributed by atoms with van der Waals surface area (Å²) >= 11 is 0. The van der Waals surface area contributed by atoms with Gasteiger partial charge in [-0.15, -0.1) is 0 Å². The Bertz CT molecular complexity index is 112. The third-order valence-corrected chi connectivity index (χ3v) is 1.32. The van der Waals surface area contributed by atoms with Gasteiger partial charge < -0.3 is 0 Å². The summed E-state index contributed by atoms with van der Waals surface area (Å²) in [6, 6.07) is 0. The molecule has 0 aromatic carbocycles. The summed E-state index contributed by atoms with van der Waals surface area (Å²) in [5.41, 5.74) is 1.87. The summed E-state index contributed by atoms with van der Waals surface area (Å²) in [4.78, 5) is 9.92. The van der Waals surface area contributed by atoms with E-state index in [1.165, 1.54) is 0 Å². The minimum absolute atomic E-state index is 0.743. The van der Waals surface area contributed by atoms with Gasteiger partial charge in [-0.3, -0.25) is 4.79 Å². The summed E-state index contributed by atoms with van der Waals surface area (Å²) < 4.78 is 0. The van der Waals surface area contributed by atoms with Gasteiger partial charge >= 0.3 is 0 Å². The van der Waals surface area contributed by atoms with Gasteiger partial charge in [0.05, 0.1) is 0 Å². The average molecular weight is 111 g/mol. The maximum atomic E-state index is 9.92. The Hall–Kier alpha value is -0.590. The lowest BCUT2D eigenvalue weighted by atomic mass is 10.1. The van der Waals surface area contributed by atoms with Crippen LogP contribution in [0.4, 0.5) is 0 Å². The molecule has 0 fully saturated rings. The molecule has 0 aliphatic rings. The highest BCUT2D eigenvalue weighted by Crippen LogP contribution is 2.02. The van der Waals surface area contributed by atoms with Crippen LogP contribution in [0.1, 0.15) is 27.2 Å². The molecule has 0 aliphatic carbocycles. The highest BCUT2D eigenvalue weighted by atomic mass is 16.1. The zero-order valence-corrected chi connectivity index (χ0v) is 5.62. The number of hydrogen-bond donors (Lipinski definition) is 0. The average Bonchev–Trinajstić information content (AvgIpc) is 1.84. The molecule has 0 saturated heterocycles. The van der Waals surface area contributed by atoms with E-state index in [1.807, 2.05) is 20.1 Å². The Balaban J connectivity index is 4.03. The fraction of sp³-hybridized carbons (Fsp3) is 0.571. The Morgan fingerprint density at radius 3 is 2.12 bits per heavy atom. The monoisotopic (exact) mass is 111 g/mol. The van der Waals surface area contributed by atoms with Gasteiger partial charge in [-0.1, -0.05) is 12.5 Å². The van der Waals surface area contributed by atoms with Gasteiger partial charge in [0.1, 0.15) is 0 Å². The first-order valence-electron chi connectivity index (χ1n) is 2.76. The van der Waals surface area contributed by atoms with Gasteiger partial charge in [0.25, 0.3) is 0 Å². The molecule has 0 heterocycles. The second-order valence-corrected chi connectivity index (χ2v) is 1.86. The van der Waals surface area contributed by atoms with Crippen molar-refractivity contribution in [2.45, 2.75) is 27.2 Å². The molecule has 0 bridgehead atoms. The highest BCUT2D eigenvalue weighted by molar-refractivity contribution is 5.74. The molecule has 0 unspecified atom stereocenters. The Labute approximate surface area is 50.4 Å². The number of carbonyl (C=O) groups excluding carboxylic acids is 1. The Morgan fingerprint density at radius 2 is 2.00 bits per heavy atom. The van der Waals surface area contributed by atoms with Crippen LogP contribution in [0.15, 0.2) is 11.1 Å². The van der Waals surface area contributed by atoms with Gasteiger partial charge in [-0.25, -0.2) is 0 Å². The van der Waals surface area contributed by atoms with E-state index in [1.54, 1.807) is 6.92 Å². The van der Waals surface area contributed by atoms with Crippen molar-refractivity contribution in [3.63, 3.8) is 0 Å². The molecule has 0 N–H and O–H groups in total. The summed E-state index contributed by atoms with van der Waals surface area (Å²) in [5, 5.41) is 0. The first kappa shape index (κ1) is 7.41. The molecule has 8 heavy (non-hydrogen) atoms. The third-order valence-electron chi connectivity index (χ3n) is 1.32. The number of rotatable bonds is 2. The molecule has 0 atom stereocenters. The largest absolute Gasteiger partial charge is 0.285 e. The molecular weight excluding hydrogens is 100 g/mol. The predicted octanol–water partition coefficient (Wildman–Crippen LogP) is 1.84. The van der Waals surface area contributed by atoms with Crippen molar-refractivity contribution >= 4 is 6.29 Å². The lowest BCUT2D eigenvalue weighted by Crippen LogP contribution is -1.81. The van der Waals surface area contributed by atoms with Crippen LogP contribution in [0.25, 0.3) is 0 Å². The molecule has 45 valence electrons. The van der Waals surface area contributed by atoms with Crippen molar-refractivity contribution in [2.75, 3.05) is 0 Å². The number of hydrogen-bond acceptors (Lipinski definition) is 1. The van der Waals surface area contributed by atoms with E-state index in [2.05, 4.69) is 0 Å². The van der Waals surface area contributed by atoms with Gasteiger partial charge in [-0.05, 0) is 25.8 Å². The van der Waals surface area contributed by atoms with Crippen molar-refractivity contribution < 1.29 is 4.79 Å². The standard InChI is InChI=1S/C7H11O/c1-4-6(2)7(3)5-8/h4H2,1-3H3/b7-6-. The molecule has 0 spiro atoms. The molecule has 0 saturated carbocycles. The Kier molecular flexibility index (Phi) is 3.16. The van der Waals surface area contributed by atoms with E-state index >= 15 is 0 Å². The molecule has 0 aromatic heterocycles. The predicted molar refractivity (Wildman–Crippen MR) is 34.4 cm³/mol. The first-order chi connectivity index (χ1) is 3.72. The highest BCUT2D eigenvalue weighted by Gasteiger charge is 1.90. The molecular formula is C7H11O. The fourth-order valence-electron chi connectivity index (χ4n) is 0.352. The van der Waals surface area contributed by atoms with Gasteiger partial charge in [0.2, 0.25) is 6.29 Å². The molecule has 0 amide bonds. The molecule has 1 nitrogen and oxygen atoms in total. The van der Waals surface area contributed by atoms with Crippen LogP contribution in [0.5, 0.6) is 0 Å². The smallest absolute Gasteiger partial charge is 0.228 e. The maximum Gasteiger partial charge on any atom is 0.228 e. The maximum absolute atomic E-state index is 9.92. The minimum atomic E-state index is 0.743. The lowest BCUT2D eigenvalue weighted by Gasteiger charge is -1.92. The van der Waals surface area contributed by atoms with Crippen LogP contribution in [-0.2, 0) is 4.79 Å². The van der Waals surface area contributed by atoms with E-state index in [4.69, 9.17) is 0 Å². The zero-order chi connectivity index (χ0) is 6.57. The van der Waals surface area contributed by atoms with Crippen molar-refractivity contribution in [3.8, 4) is 0 Å². The molecule has 0 aliphatic heterocycles. The summed E-state index contributed by atoms with van der Waals surface area (Å²) in [7, 11) is 0. The van der Waals surface area contributed by atoms with Gasteiger partial charge in [0, 0.05) is 0 Å². The molecule has 0 aromatic rings. The SMILES string of the molecule is CC/C(C)=C(/C)[C]=O. The second-order valence-electron chi connectivity index (χ2n) is 1.86. The fourth-order valence-corrected chi connectivity index (χ4v) is 0.352. The van der Waals surface area contributed by atoms with Crippen molar-refractivity contribution in [1.82, 2.24) is 0 Å². The molecule has 0 rings (SSSR count). The van der Waals surface area contributed by atoms with E-state index in [0.29, 0.717) is 0 Å². The summed E-state index contributed by atoms with van der Waals surface area (Å²) in [5.74, 6) is 0. The topological polar surface area (TPSA) is 17.1 Å². The third kappa shape index (κ3) is 1.92. The van der Waals surface area contributed by atoms with Gasteiger partial charge in [-0.2, -0.15) is 0 Å².